The van der Waals surface area contributed by atoms with Crippen LogP contribution < -0.4 is 0 Å². The first-order valence-corrected chi connectivity index (χ1v) is 7.47. The monoisotopic (exact) mass is 298 g/mol. The number of likely N-dealkylation sites (tertiary alicyclic amines) is 1. The number of carbonyl (C=O) groups excluding carboxylic acids is 2. The average Bonchev–Trinajstić information content (AvgIpc) is 2.53. The highest BCUT2D eigenvalue weighted by atomic mass is 16.5. The molecule has 0 aliphatic carbocycles. The lowest BCUT2D eigenvalue weighted by atomic mass is 10.0. The molecule has 21 heavy (non-hydrogen) atoms. The van der Waals surface area contributed by atoms with Gasteiger partial charge >= 0.3 is 5.97 Å². The number of piperidine rings is 1. The molecule has 7 nitrogen and oxygen atoms in total. The second kappa shape index (κ2) is 7.40. The van der Waals surface area contributed by atoms with E-state index in [1.54, 1.807) is 4.90 Å². The first-order valence-electron chi connectivity index (χ1n) is 7.47. The maximum absolute atomic E-state index is 12.2. The highest BCUT2D eigenvalue weighted by Crippen LogP contribution is 2.19. The van der Waals surface area contributed by atoms with Crippen molar-refractivity contribution in [3.63, 3.8) is 0 Å². The van der Waals surface area contributed by atoms with Gasteiger partial charge in [-0.15, -0.1) is 0 Å². The number of hydrogen-bond acceptors (Lipinski definition) is 4. The third kappa shape index (κ3) is 4.17. The molecule has 0 bridgehead atoms. The zero-order chi connectivity index (χ0) is 15.2. The summed E-state index contributed by atoms with van der Waals surface area (Å²) in [5.41, 5.74) is 0. The second-order valence-corrected chi connectivity index (χ2v) is 5.43. The van der Waals surface area contributed by atoms with E-state index < -0.39 is 12.0 Å². The third-order valence-electron chi connectivity index (χ3n) is 4.02. The summed E-state index contributed by atoms with van der Waals surface area (Å²) in [6.07, 6.45) is 2.38. The molecule has 118 valence electrons. The van der Waals surface area contributed by atoms with Crippen molar-refractivity contribution in [3.05, 3.63) is 0 Å². The van der Waals surface area contributed by atoms with Gasteiger partial charge in [-0.05, 0) is 19.3 Å². The normalized spacial score (nSPS) is 23.0. The number of morpholine rings is 1. The van der Waals surface area contributed by atoms with Gasteiger partial charge in [0.1, 0.15) is 6.04 Å². The molecule has 0 spiro atoms. The Morgan fingerprint density at radius 2 is 1.67 bits per heavy atom. The van der Waals surface area contributed by atoms with Crippen molar-refractivity contribution in [2.45, 2.75) is 38.1 Å². The fraction of sp³-hybridized carbons (Fsp3) is 0.786. The van der Waals surface area contributed by atoms with Crippen molar-refractivity contribution in [3.8, 4) is 0 Å². The van der Waals surface area contributed by atoms with Gasteiger partial charge in [0.25, 0.3) is 0 Å². The summed E-state index contributed by atoms with van der Waals surface area (Å²) in [5.74, 6) is -1.25. The number of nitrogens with zero attached hydrogens (tertiary/aromatic N) is 2. The summed E-state index contributed by atoms with van der Waals surface area (Å²) in [6, 6.07) is -0.732. The molecule has 2 heterocycles. The van der Waals surface area contributed by atoms with Crippen LogP contribution in [0.4, 0.5) is 0 Å². The molecule has 0 aromatic heterocycles. The summed E-state index contributed by atoms with van der Waals surface area (Å²) in [7, 11) is 0. The molecule has 0 radical (unpaired) electrons. The van der Waals surface area contributed by atoms with Crippen LogP contribution in [0, 0.1) is 0 Å². The SMILES string of the molecule is O=C(O)C1CCCCN1C(=O)CCC(=O)N1CCOCC1. The summed E-state index contributed by atoms with van der Waals surface area (Å²) >= 11 is 0. The first-order chi connectivity index (χ1) is 10.1. The smallest absolute Gasteiger partial charge is 0.326 e. The van der Waals surface area contributed by atoms with E-state index in [9.17, 15) is 14.4 Å². The van der Waals surface area contributed by atoms with E-state index in [1.807, 2.05) is 0 Å². The molecule has 0 aromatic rings. The van der Waals surface area contributed by atoms with Crippen LogP contribution in [-0.4, -0.2) is 71.6 Å². The molecule has 2 aliphatic rings. The van der Waals surface area contributed by atoms with E-state index in [1.165, 1.54) is 4.90 Å². The van der Waals surface area contributed by atoms with E-state index in [4.69, 9.17) is 9.84 Å². The fourth-order valence-electron chi connectivity index (χ4n) is 2.82. The van der Waals surface area contributed by atoms with Gasteiger partial charge in [0.15, 0.2) is 0 Å². The first kappa shape index (κ1) is 15.8. The predicted molar refractivity (Wildman–Crippen MR) is 73.6 cm³/mol. The molecule has 7 heteroatoms. The van der Waals surface area contributed by atoms with E-state index >= 15 is 0 Å². The van der Waals surface area contributed by atoms with Crippen molar-refractivity contribution in [2.24, 2.45) is 0 Å². The van der Waals surface area contributed by atoms with Crippen molar-refractivity contribution >= 4 is 17.8 Å². The van der Waals surface area contributed by atoms with Crippen LogP contribution in [-0.2, 0) is 19.1 Å². The Kier molecular flexibility index (Phi) is 5.55. The van der Waals surface area contributed by atoms with Crippen molar-refractivity contribution in [1.29, 1.82) is 0 Å². The molecule has 2 amide bonds. The predicted octanol–water partition coefficient (Wildman–Crippen LogP) is 0.0911. The van der Waals surface area contributed by atoms with Crippen molar-refractivity contribution < 1.29 is 24.2 Å². The maximum atomic E-state index is 12.2. The van der Waals surface area contributed by atoms with Gasteiger partial charge in [-0.3, -0.25) is 9.59 Å². The fourth-order valence-corrected chi connectivity index (χ4v) is 2.82. The zero-order valence-electron chi connectivity index (χ0n) is 12.1. The van der Waals surface area contributed by atoms with Gasteiger partial charge in [-0.1, -0.05) is 0 Å². The number of carboxylic acids is 1. The summed E-state index contributed by atoms with van der Waals surface area (Å²) < 4.78 is 5.18. The van der Waals surface area contributed by atoms with Crippen molar-refractivity contribution in [1.82, 2.24) is 9.80 Å². The van der Waals surface area contributed by atoms with Gasteiger partial charge < -0.3 is 19.6 Å². The Morgan fingerprint density at radius 3 is 2.33 bits per heavy atom. The van der Waals surface area contributed by atoms with Crippen LogP contribution in [0.25, 0.3) is 0 Å². The summed E-state index contributed by atoms with van der Waals surface area (Å²) in [5, 5.41) is 9.16. The topological polar surface area (TPSA) is 87.2 Å². The number of ether oxygens (including phenoxy) is 1. The molecule has 1 N–H and O–H groups in total. The highest BCUT2D eigenvalue weighted by molar-refractivity contribution is 5.87. The lowest BCUT2D eigenvalue weighted by molar-refractivity contribution is -0.152. The summed E-state index contributed by atoms with van der Waals surface area (Å²) in [4.78, 5) is 38.4. The van der Waals surface area contributed by atoms with Crippen LogP contribution in [0.15, 0.2) is 0 Å². The minimum Gasteiger partial charge on any atom is -0.480 e. The number of rotatable bonds is 4. The molecular formula is C14H22N2O5. The molecule has 2 aliphatic heterocycles. The molecule has 1 atom stereocenters. The number of carbonyl (C=O) groups is 3. The molecule has 2 rings (SSSR count). The number of amides is 2. The van der Waals surface area contributed by atoms with Gasteiger partial charge in [0, 0.05) is 32.5 Å². The van der Waals surface area contributed by atoms with Crippen LogP contribution in [0.5, 0.6) is 0 Å². The van der Waals surface area contributed by atoms with E-state index in [-0.39, 0.29) is 24.7 Å². The zero-order valence-corrected chi connectivity index (χ0v) is 12.1. The molecular weight excluding hydrogens is 276 g/mol. The third-order valence-corrected chi connectivity index (χ3v) is 4.02. The Balaban J connectivity index is 1.82. The Hall–Kier alpha value is -1.63. The number of carboxylic acid groups (broad SMARTS) is 1. The minimum atomic E-state index is -0.956. The maximum Gasteiger partial charge on any atom is 0.326 e. The van der Waals surface area contributed by atoms with Crippen LogP contribution in [0.3, 0.4) is 0 Å². The van der Waals surface area contributed by atoms with Gasteiger partial charge in [0.05, 0.1) is 13.2 Å². The van der Waals surface area contributed by atoms with Crippen LogP contribution in [0.2, 0.25) is 0 Å². The quantitative estimate of drug-likeness (QED) is 0.795. The number of aliphatic carboxylic acids is 1. The Morgan fingerprint density at radius 1 is 1.00 bits per heavy atom. The van der Waals surface area contributed by atoms with E-state index in [2.05, 4.69) is 0 Å². The molecule has 2 fully saturated rings. The Bertz CT molecular complexity index is 406. The molecule has 2 saturated heterocycles. The number of hydrogen-bond donors (Lipinski definition) is 1. The Labute approximate surface area is 123 Å². The van der Waals surface area contributed by atoms with E-state index in [0.29, 0.717) is 39.3 Å². The lowest BCUT2D eigenvalue weighted by Gasteiger charge is -2.33. The minimum absolute atomic E-state index is 0.0597. The standard InChI is InChI=1S/C14H22N2O5/c17-12(15-7-9-21-10-8-15)4-5-13(18)16-6-2-1-3-11(16)14(19)20/h11H,1-10H2,(H,19,20). The van der Waals surface area contributed by atoms with Crippen molar-refractivity contribution in [2.75, 3.05) is 32.8 Å². The largest absolute Gasteiger partial charge is 0.480 e. The molecule has 0 saturated carbocycles. The lowest BCUT2D eigenvalue weighted by Crippen LogP contribution is -2.48. The van der Waals surface area contributed by atoms with Gasteiger partial charge in [-0.25, -0.2) is 4.79 Å². The molecule has 0 aromatic carbocycles. The van der Waals surface area contributed by atoms with Crippen LogP contribution >= 0.6 is 0 Å². The average molecular weight is 298 g/mol. The molecule has 1 unspecified atom stereocenters. The van der Waals surface area contributed by atoms with Gasteiger partial charge in [0.2, 0.25) is 11.8 Å². The van der Waals surface area contributed by atoms with Crippen LogP contribution in [0.1, 0.15) is 32.1 Å². The van der Waals surface area contributed by atoms with E-state index in [0.717, 1.165) is 12.8 Å². The second-order valence-electron chi connectivity index (χ2n) is 5.43. The van der Waals surface area contributed by atoms with Gasteiger partial charge in [-0.2, -0.15) is 0 Å². The highest BCUT2D eigenvalue weighted by Gasteiger charge is 2.32. The summed E-state index contributed by atoms with van der Waals surface area (Å²) in [6.45, 7) is 2.67.